The molecule has 1 aromatic heterocycles. The van der Waals surface area contributed by atoms with Gasteiger partial charge < -0.3 is 15.3 Å². The van der Waals surface area contributed by atoms with Crippen molar-refractivity contribution in [3.05, 3.63) is 48.8 Å². The maximum absolute atomic E-state index is 10.4. The van der Waals surface area contributed by atoms with Crippen molar-refractivity contribution in [2.24, 2.45) is 10.2 Å². The quantitative estimate of drug-likeness (QED) is 0.393. The van der Waals surface area contributed by atoms with Gasteiger partial charge in [-0.1, -0.05) is 46.8 Å². The van der Waals surface area contributed by atoms with E-state index in [4.69, 9.17) is 0 Å². The molecule has 3 rings (SSSR count). The minimum atomic E-state index is 0.132. The number of piperazine rings is 1. The normalized spacial score (nSPS) is 14.2. The Labute approximate surface area is 180 Å². The van der Waals surface area contributed by atoms with Crippen LogP contribution in [-0.2, 0) is 0 Å². The standard InChI is InChI=1S/C18H22N6O.C3H8.C2H6/c1-3-17(23-22-13(2)24-8-6-19-7-9-24)16-5-4-14(10-18(16)25)15-11-20-21-12-15;1-3-2;1-2/h3-5,10-12,19,25H,1,6-9H2,2H3,(H,20,21);3H2,1-2H3;1-2H3/b22-13+,23-17+;;. The van der Waals surface area contributed by atoms with Crippen LogP contribution in [0.3, 0.4) is 0 Å². The first-order valence-corrected chi connectivity index (χ1v) is 10.6. The Bertz CT molecular complexity index is 805. The third kappa shape index (κ3) is 7.48. The van der Waals surface area contributed by atoms with Crippen molar-refractivity contribution in [3.8, 4) is 16.9 Å². The number of allylic oxidation sites excluding steroid dienone is 1. The first kappa shape index (κ1) is 25.1. The van der Waals surface area contributed by atoms with Crippen molar-refractivity contribution in [1.82, 2.24) is 20.4 Å². The van der Waals surface area contributed by atoms with Gasteiger partial charge in [-0.05, 0) is 30.7 Å². The minimum Gasteiger partial charge on any atom is -0.507 e. The second-order valence-corrected chi connectivity index (χ2v) is 6.50. The molecule has 30 heavy (non-hydrogen) atoms. The first-order chi connectivity index (χ1) is 14.6. The van der Waals surface area contributed by atoms with Crippen LogP contribution in [0.1, 0.15) is 46.6 Å². The van der Waals surface area contributed by atoms with Crippen molar-refractivity contribution in [2.45, 2.75) is 41.0 Å². The minimum absolute atomic E-state index is 0.132. The van der Waals surface area contributed by atoms with Crippen molar-refractivity contribution in [3.63, 3.8) is 0 Å². The summed E-state index contributed by atoms with van der Waals surface area (Å²) in [4.78, 5) is 2.18. The molecular formula is C23H36N6O. The van der Waals surface area contributed by atoms with Gasteiger partial charge in [-0.2, -0.15) is 5.10 Å². The van der Waals surface area contributed by atoms with E-state index >= 15 is 0 Å². The van der Waals surface area contributed by atoms with E-state index in [-0.39, 0.29) is 5.75 Å². The van der Waals surface area contributed by atoms with Gasteiger partial charge in [-0.25, -0.2) is 0 Å². The van der Waals surface area contributed by atoms with Gasteiger partial charge in [0.25, 0.3) is 0 Å². The zero-order chi connectivity index (χ0) is 22.4. The molecule has 0 atom stereocenters. The topological polar surface area (TPSA) is 88.9 Å². The summed E-state index contributed by atoms with van der Waals surface area (Å²) in [5.41, 5.74) is 2.91. The second kappa shape index (κ2) is 14.1. The molecule has 0 bridgehead atoms. The van der Waals surface area contributed by atoms with Gasteiger partial charge in [0.2, 0.25) is 0 Å². The van der Waals surface area contributed by atoms with E-state index in [0.717, 1.165) is 43.1 Å². The van der Waals surface area contributed by atoms with Gasteiger partial charge in [0.05, 0.1) is 11.9 Å². The average molecular weight is 413 g/mol. The van der Waals surface area contributed by atoms with Crippen molar-refractivity contribution >= 4 is 11.5 Å². The van der Waals surface area contributed by atoms with E-state index in [1.807, 2.05) is 32.9 Å². The molecule has 1 fully saturated rings. The molecule has 2 heterocycles. The summed E-state index contributed by atoms with van der Waals surface area (Å²) >= 11 is 0. The molecule has 7 nitrogen and oxygen atoms in total. The molecule has 1 aliphatic rings. The number of amidine groups is 1. The Hall–Kier alpha value is -2.93. The van der Waals surface area contributed by atoms with Crippen LogP contribution in [0.25, 0.3) is 11.1 Å². The lowest BCUT2D eigenvalue weighted by molar-refractivity contribution is 0.355. The zero-order valence-corrected chi connectivity index (χ0v) is 18.9. The van der Waals surface area contributed by atoms with E-state index in [2.05, 4.69) is 51.0 Å². The predicted octanol–water partition coefficient (Wildman–Crippen LogP) is 4.44. The number of aromatic nitrogens is 2. The summed E-state index contributed by atoms with van der Waals surface area (Å²) < 4.78 is 0. The summed E-state index contributed by atoms with van der Waals surface area (Å²) in [6.07, 6.45) is 6.33. The lowest BCUT2D eigenvalue weighted by atomic mass is 10.0. The molecule has 1 saturated heterocycles. The lowest BCUT2D eigenvalue weighted by Gasteiger charge is -2.28. The Morgan fingerprint density at radius 2 is 1.87 bits per heavy atom. The molecule has 7 heteroatoms. The average Bonchev–Trinajstić information content (AvgIpc) is 3.32. The van der Waals surface area contributed by atoms with Crippen LogP contribution in [0.2, 0.25) is 0 Å². The van der Waals surface area contributed by atoms with Crippen LogP contribution in [0, 0.1) is 0 Å². The van der Waals surface area contributed by atoms with Crippen molar-refractivity contribution < 1.29 is 5.11 Å². The molecule has 0 unspecified atom stereocenters. The largest absolute Gasteiger partial charge is 0.507 e. The fourth-order valence-corrected chi connectivity index (χ4v) is 2.72. The molecule has 164 valence electrons. The highest BCUT2D eigenvalue weighted by Gasteiger charge is 2.12. The Kier molecular flexibility index (Phi) is 11.8. The van der Waals surface area contributed by atoms with Gasteiger partial charge in [-0.3, -0.25) is 5.10 Å². The number of H-pyrrole nitrogens is 1. The van der Waals surface area contributed by atoms with E-state index in [0.29, 0.717) is 11.3 Å². The number of nitrogens with zero attached hydrogens (tertiary/aromatic N) is 4. The molecule has 3 N–H and O–H groups in total. The van der Waals surface area contributed by atoms with Gasteiger partial charge in [0.15, 0.2) is 0 Å². The predicted molar refractivity (Wildman–Crippen MR) is 127 cm³/mol. The van der Waals surface area contributed by atoms with Crippen LogP contribution >= 0.6 is 0 Å². The fraction of sp³-hybridized carbons (Fsp3) is 0.435. The van der Waals surface area contributed by atoms with Gasteiger partial charge >= 0.3 is 0 Å². The first-order valence-electron chi connectivity index (χ1n) is 10.6. The third-order valence-electron chi connectivity index (χ3n) is 4.18. The maximum atomic E-state index is 10.4. The Balaban J connectivity index is 0.000000826. The molecular weight excluding hydrogens is 376 g/mol. The maximum Gasteiger partial charge on any atom is 0.125 e. The number of nitrogens with one attached hydrogen (secondary N) is 2. The molecule has 1 aromatic carbocycles. The van der Waals surface area contributed by atoms with Crippen LogP contribution in [-0.4, -0.2) is 57.9 Å². The monoisotopic (exact) mass is 412 g/mol. The highest BCUT2D eigenvalue weighted by atomic mass is 16.3. The summed E-state index contributed by atoms with van der Waals surface area (Å²) in [6.45, 7) is 17.7. The highest BCUT2D eigenvalue weighted by molar-refractivity contribution is 6.10. The number of aromatic amines is 1. The van der Waals surface area contributed by atoms with E-state index in [1.165, 1.54) is 6.42 Å². The van der Waals surface area contributed by atoms with Crippen molar-refractivity contribution in [1.29, 1.82) is 0 Å². The fourth-order valence-electron chi connectivity index (χ4n) is 2.72. The van der Waals surface area contributed by atoms with Crippen LogP contribution < -0.4 is 5.32 Å². The van der Waals surface area contributed by atoms with Crippen LogP contribution in [0.5, 0.6) is 5.75 Å². The number of benzene rings is 1. The van der Waals surface area contributed by atoms with Gasteiger partial charge in [0, 0.05) is 43.5 Å². The molecule has 2 aromatic rings. The van der Waals surface area contributed by atoms with Gasteiger partial charge in [-0.15, -0.1) is 10.2 Å². The van der Waals surface area contributed by atoms with E-state index < -0.39 is 0 Å². The molecule has 0 spiro atoms. The van der Waals surface area contributed by atoms with Gasteiger partial charge in [0.1, 0.15) is 11.6 Å². The summed E-state index contributed by atoms with van der Waals surface area (Å²) in [7, 11) is 0. The highest BCUT2D eigenvalue weighted by Crippen LogP contribution is 2.26. The summed E-state index contributed by atoms with van der Waals surface area (Å²) in [5, 5.41) is 29.0. The number of phenolic OH excluding ortho intramolecular Hbond substituents is 1. The van der Waals surface area contributed by atoms with Crippen LogP contribution in [0.15, 0.2) is 53.5 Å². The number of hydrogen-bond donors (Lipinski definition) is 3. The Morgan fingerprint density at radius 3 is 2.40 bits per heavy atom. The van der Waals surface area contributed by atoms with Crippen LogP contribution in [0.4, 0.5) is 0 Å². The number of hydrogen-bond acceptors (Lipinski definition) is 5. The molecule has 1 aliphatic heterocycles. The number of phenols is 1. The SMILES string of the molecule is C=C/C(=N\N=C(/C)N1CCNCC1)c1ccc(-c2cn[nH]c2)cc1O.CC.CCC. The molecule has 0 radical (unpaired) electrons. The smallest absolute Gasteiger partial charge is 0.125 e. The summed E-state index contributed by atoms with van der Waals surface area (Å²) in [6, 6.07) is 5.41. The second-order valence-electron chi connectivity index (χ2n) is 6.50. The van der Waals surface area contributed by atoms with Crippen molar-refractivity contribution in [2.75, 3.05) is 26.2 Å². The van der Waals surface area contributed by atoms with E-state index in [9.17, 15) is 5.11 Å². The number of rotatable bonds is 4. The third-order valence-corrected chi connectivity index (χ3v) is 4.18. The molecule has 0 saturated carbocycles. The lowest BCUT2D eigenvalue weighted by Crippen LogP contribution is -2.45. The molecule has 0 aliphatic carbocycles. The zero-order valence-electron chi connectivity index (χ0n) is 18.9. The Morgan fingerprint density at radius 1 is 1.20 bits per heavy atom. The molecule has 0 amide bonds. The summed E-state index contributed by atoms with van der Waals surface area (Å²) in [5.74, 6) is 0.989. The number of aromatic hydroxyl groups is 1. The van der Waals surface area contributed by atoms with E-state index in [1.54, 1.807) is 24.5 Å².